The lowest BCUT2D eigenvalue weighted by Crippen LogP contribution is -1.86. The predicted molar refractivity (Wildman–Crippen MR) is 56.7 cm³/mol. The third kappa shape index (κ3) is 2.00. The number of rotatable bonds is 1. The zero-order valence-corrected chi connectivity index (χ0v) is 8.03. The van der Waals surface area contributed by atoms with Crippen LogP contribution in [0.15, 0.2) is 29.3 Å². The highest BCUT2D eigenvalue weighted by atomic mass is 14.7. The molecule has 0 amide bonds. The molecule has 0 aromatic heterocycles. The normalized spacial score (nSPS) is 15.2. The molecular weight excluding hydrogens is 172 g/mol. The van der Waals surface area contributed by atoms with Crippen LogP contribution in [-0.4, -0.2) is 5.71 Å². The van der Waals surface area contributed by atoms with Gasteiger partial charge in [0.2, 0.25) is 0 Å². The summed E-state index contributed by atoms with van der Waals surface area (Å²) in [6.45, 7) is 0. The molecule has 1 fully saturated rings. The summed E-state index contributed by atoms with van der Waals surface area (Å²) in [6.07, 6.45) is 4.76. The maximum atomic E-state index is 8.72. The molecule has 0 bridgehead atoms. The second-order valence-corrected chi connectivity index (χ2v) is 3.55. The van der Waals surface area contributed by atoms with Crippen LogP contribution in [0.4, 0.5) is 5.69 Å². The van der Waals surface area contributed by atoms with Gasteiger partial charge in [0.05, 0.1) is 17.3 Å². The zero-order valence-electron chi connectivity index (χ0n) is 8.03. The van der Waals surface area contributed by atoms with E-state index in [1.54, 1.807) is 6.07 Å². The van der Waals surface area contributed by atoms with Crippen molar-refractivity contribution in [2.45, 2.75) is 25.7 Å². The van der Waals surface area contributed by atoms with Crippen molar-refractivity contribution < 1.29 is 0 Å². The molecule has 0 spiro atoms. The Kier molecular flexibility index (Phi) is 2.60. The van der Waals surface area contributed by atoms with Gasteiger partial charge in [-0.15, -0.1) is 0 Å². The largest absolute Gasteiger partial charge is 0.258 e. The van der Waals surface area contributed by atoms with E-state index in [2.05, 4.69) is 11.1 Å². The van der Waals surface area contributed by atoms with Crippen molar-refractivity contribution in [1.82, 2.24) is 0 Å². The predicted octanol–water partition coefficient (Wildman–Crippen LogP) is 3.20. The second kappa shape index (κ2) is 4.06. The Bertz CT molecular complexity index is 391. The minimum absolute atomic E-state index is 0.685. The standard InChI is InChI=1S/C12H12N2/c13-9-10-4-3-7-12(8-10)14-11-5-1-2-6-11/h3-4,7-8H,1-2,5-6H2. The monoisotopic (exact) mass is 184 g/mol. The Labute approximate surface area is 83.9 Å². The van der Waals surface area contributed by atoms with E-state index >= 15 is 0 Å². The molecule has 14 heavy (non-hydrogen) atoms. The maximum absolute atomic E-state index is 8.72. The average molecular weight is 184 g/mol. The third-order valence-electron chi connectivity index (χ3n) is 2.44. The summed E-state index contributed by atoms with van der Waals surface area (Å²) < 4.78 is 0. The summed E-state index contributed by atoms with van der Waals surface area (Å²) >= 11 is 0. The van der Waals surface area contributed by atoms with Gasteiger partial charge >= 0.3 is 0 Å². The molecule has 0 atom stereocenters. The SMILES string of the molecule is N#Cc1cccc(N=C2CCCC2)c1. The minimum atomic E-state index is 0.685. The molecule has 0 N–H and O–H groups in total. The van der Waals surface area contributed by atoms with Crippen LogP contribution in [0.3, 0.4) is 0 Å². The molecule has 2 rings (SSSR count). The van der Waals surface area contributed by atoms with Gasteiger partial charge < -0.3 is 0 Å². The minimum Gasteiger partial charge on any atom is -0.258 e. The first-order valence-corrected chi connectivity index (χ1v) is 4.95. The van der Waals surface area contributed by atoms with E-state index in [9.17, 15) is 0 Å². The van der Waals surface area contributed by atoms with Crippen molar-refractivity contribution >= 4 is 11.4 Å². The molecule has 0 heterocycles. The number of hydrogen-bond donors (Lipinski definition) is 0. The highest BCUT2D eigenvalue weighted by Crippen LogP contribution is 2.20. The highest BCUT2D eigenvalue weighted by molar-refractivity contribution is 5.88. The zero-order chi connectivity index (χ0) is 9.80. The fraction of sp³-hybridized carbons (Fsp3) is 0.333. The van der Waals surface area contributed by atoms with E-state index in [1.807, 2.05) is 18.2 Å². The summed E-state index contributed by atoms with van der Waals surface area (Å²) in [4.78, 5) is 4.53. The summed E-state index contributed by atoms with van der Waals surface area (Å²) in [6, 6.07) is 9.60. The second-order valence-electron chi connectivity index (χ2n) is 3.55. The molecule has 1 aliphatic rings. The van der Waals surface area contributed by atoms with Gasteiger partial charge in [-0.05, 0) is 43.9 Å². The first-order chi connectivity index (χ1) is 6.88. The Hall–Kier alpha value is -1.62. The van der Waals surface area contributed by atoms with Crippen LogP contribution in [-0.2, 0) is 0 Å². The summed E-state index contributed by atoms with van der Waals surface area (Å²) in [5.41, 5.74) is 2.88. The smallest absolute Gasteiger partial charge is 0.0992 e. The van der Waals surface area contributed by atoms with Crippen molar-refractivity contribution in [2.75, 3.05) is 0 Å². The molecule has 1 aliphatic carbocycles. The van der Waals surface area contributed by atoms with Gasteiger partial charge in [-0.3, -0.25) is 4.99 Å². The van der Waals surface area contributed by atoms with Crippen molar-refractivity contribution in [2.24, 2.45) is 4.99 Å². The number of benzene rings is 1. The van der Waals surface area contributed by atoms with Gasteiger partial charge in [-0.25, -0.2) is 0 Å². The van der Waals surface area contributed by atoms with Gasteiger partial charge in [0, 0.05) is 5.71 Å². The first kappa shape index (κ1) is 8.96. The van der Waals surface area contributed by atoms with Crippen LogP contribution in [0, 0.1) is 11.3 Å². The van der Waals surface area contributed by atoms with Gasteiger partial charge in [0.15, 0.2) is 0 Å². The summed E-state index contributed by atoms with van der Waals surface area (Å²) in [5, 5.41) is 8.72. The highest BCUT2D eigenvalue weighted by Gasteiger charge is 2.07. The lowest BCUT2D eigenvalue weighted by molar-refractivity contribution is 0.886. The molecule has 0 unspecified atom stereocenters. The molecule has 1 aromatic carbocycles. The van der Waals surface area contributed by atoms with Crippen LogP contribution in [0.25, 0.3) is 0 Å². The van der Waals surface area contributed by atoms with Crippen molar-refractivity contribution in [1.29, 1.82) is 5.26 Å². The van der Waals surface area contributed by atoms with E-state index in [1.165, 1.54) is 18.6 Å². The Morgan fingerprint density at radius 1 is 1.21 bits per heavy atom. The van der Waals surface area contributed by atoms with Crippen molar-refractivity contribution in [3.63, 3.8) is 0 Å². The molecule has 0 aliphatic heterocycles. The van der Waals surface area contributed by atoms with Crippen LogP contribution >= 0.6 is 0 Å². The molecule has 0 radical (unpaired) electrons. The Morgan fingerprint density at radius 2 is 2.00 bits per heavy atom. The van der Waals surface area contributed by atoms with Gasteiger partial charge in [-0.2, -0.15) is 5.26 Å². The number of aliphatic imine (C=N–C) groups is 1. The van der Waals surface area contributed by atoms with Crippen LogP contribution in [0.2, 0.25) is 0 Å². The number of nitriles is 1. The lowest BCUT2D eigenvalue weighted by atomic mass is 10.2. The molecule has 70 valence electrons. The van der Waals surface area contributed by atoms with Crippen molar-refractivity contribution in [3.05, 3.63) is 29.8 Å². The maximum Gasteiger partial charge on any atom is 0.0992 e. The fourth-order valence-electron chi connectivity index (χ4n) is 1.72. The van der Waals surface area contributed by atoms with E-state index in [4.69, 9.17) is 5.26 Å². The molecule has 1 saturated carbocycles. The third-order valence-corrected chi connectivity index (χ3v) is 2.44. The van der Waals surface area contributed by atoms with Crippen LogP contribution in [0.1, 0.15) is 31.2 Å². The van der Waals surface area contributed by atoms with Gasteiger partial charge in [-0.1, -0.05) is 6.07 Å². The van der Waals surface area contributed by atoms with Crippen LogP contribution < -0.4 is 0 Å². The Morgan fingerprint density at radius 3 is 2.71 bits per heavy atom. The molecule has 2 nitrogen and oxygen atoms in total. The molecule has 1 aromatic rings. The topological polar surface area (TPSA) is 36.1 Å². The molecule has 2 heteroatoms. The summed E-state index contributed by atoms with van der Waals surface area (Å²) in [5.74, 6) is 0. The van der Waals surface area contributed by atoms with E-state index < -0.39 is 0 Å². The van der Waals surface area contributed by atoms with Crippen LogP contribution in [0.5, 0.6) is 0 Å². The average Bonchev–Trinajstić information content (AvgIpc) is 2.71. The molecular formula is C12H12N2. The Balaban J connectivity index is 2.24. The molecule has 0 saturated heterocycles. The lowest BCUT2D eigenvalue weighted by Gasteiger charge is -1.96. The van der Waals surface area contributed by atoms with Gasteiger partial charge in [0.1, 0.15) is 0 Å². The summed E-state index contributed by atoms with van der Waals surface area (Å²) in [7, 11) is 0. The van der Waals surface area contributed by atoms with Gasteiger partial charge in [0.25, 0.3) is 0 Å². The quantitative estimate of drug-likeness (QED) is 0.660. The number of nitrogens with zero attached hydrogens (tertiary/aromatic N) is 2. The van der Waals surface area contributed by atoms with E-state index in [0.29, 0.717) is 5.56 Å². The number of hydrogen-bond acceptors (Lipinski definition) is 2. The van der Waals surface area contributed by atoms with Crippen molar-refractivity contribution in [3.8, 4) is 6.07 Å². The van der Waals surface area contributed by atoms with E-state index in [0.717, 1.165) is 18.5 Å². The first-order valence-electron chi connectivity index (χ1n) is 4.95. The fourth-order valence-corrected chi connectivity index (χ4v) is 1.72. The van der Waals surface area contributed by atoms with E-state index in [-0.39, 0.29) is 0 Å².